The highest BCUT2D eigenvalue weighted by atomic mass is 16.6. The van der Waals surface area contributed by atoms with Crippen LogP contribution in [0.25, 0.3) is 0 Å². The van der Waals surface area contributed by atoms with Crippen molar-refractivity contribution in [3.8, 4) is 0 Å². The number of carbonyl (C=O) groups excluding carboxylic acids is 1. The second kappa shape index (κ2) is 6.47. The van der Waals surface area contributed by atoms with E-state index in [2.05, 4.69) is 5.32 Å². The van der Waals surface area contributed by atoms with Gasteiger partial charge in [-0.15, -0.1) is 0 Å². The van der Waals surface area contributed by atoms with E-state index in [1.807, 2.05) is 0 Å². The monoisotopic (exact) mass is 294 g/mol. The minimum Gasteiger partial charge on any atom is -0.480 e. The Kier molecular flexibility index (Phi) is 5.18. The number of rotatable bonds is 4. The van der Waals surface area contributed by atoms with Crippen LogP contribution in [0.4, 0.5) is 10.5 Å². The molecule has 0 aliphatic heterocycles. The van der Waals surface area contributed by atoms with Crippen LogP contribution in [0.2, 0.25) is 0 Å². The fraction of sp³-hybridized carbons (Fsp3) is 0.467. The Balaban J connectivity index is 2.84. The van der Waals surface area contributed by atoms with Crippen LogP contribution < -0.4 is 11.1 Å². The zero-order valence-electron chi connectivity index (χ0n) is 12.7. The molecule has 1 amide bonds. The lowest BCUT2D eigenvalue weighted by Gasteiger charge is -2.25. The normalized spacial score (nSPS) is 14.1. The Morgan fingerprint density at radius 1 is 1.24 bits per heavy atom. The summed E-state index contributed by atoms with van der Waals surface area (Å²) in [5, 5.41) is 11.7. The van der Waals surface area contributed by atoms with Gasteiger partial charge in [0.2, 0.25) is 0 Å². The number of nitrogens with one attached hydrogen (secondary N) is 1. The van der Waals surface area contributed by atoms with E-state index in [0.717, 1.165) is 5.56 Å². The van der Waals surface area contributed by atoms with Gasteiger partial charge in [-0.3, -0.25) is 0 Å². The number of carboxylic acid groups (broad SMARTS) is 1. The predicted octanol–water partition coefficient (Wildman–Crippen LogP) is 2.35. The fourth-order valence-electron chi connectivity index (χ4n) is 1.83. The Bertz CT molecular complexity index is 505. The van der Waals surface area contributed by atoms with Gasteiger partial charge < -0.3 is 20.9 Å². The third-order valence-electron chi connectivity index (χ3n) is 2.90. The fourth-order valence-corrected chi connectivity index (χ4v) is 1.83. The Morgan fingerprint density at radius 3 is 2.19 bits per heavy atom. The molecule has 0 bridgehead atoms. The molecule has 116 valence electrons. The summed E-state index contributed by atoms with van der Waals surface area (Å²) in [7, 11) is 0. The minimum absolute atomic E-state index is 0.421. The molecule has 1 aromatic rings. The van der Waals surface area contributed by atoms with E-state index in [9.17, 15) is 14.7 Å². The minimum atomic E-state index is -1.12. The summed E-state index contributed by atoms with van der Waals surface area (Å²) >= 11 is 0. The second-order valence-electron chi connectivity index (χ2n) is 5.92. The zero-order valence-corrected chi connectivity index (χ0v) is 12.7. The quantitative estimate of drug-likeness (QED) is 0.740. The summed E-state index contributed by atoms with van der Waals surface area (Å²) in [6.07, 6.45) is -0.753. The Hall–Kier alpha value is -2.24. The van der Waals surface area contributed by atoms with Crippen molar-refractivity contribution in [3.63, 3.8) is 0 Å². The molecule has 0 saturated heterocycles. The molecular weight excluding hydrogens is 272 g/mol. The summed E-state index contributed by atoms with van der Waals surface area (Å²) in [4.78, 5) is 23.1. The lowest BCUT2D eigenvalue weighted by Crippen LogP contribution is -2.46. The van der Waals surface area contributed by atoms with E-state index in [0.29, 0.717) is 5.69 Å². The first-order valence-corrected chi connectivity index (χ1v) is 6.68. The maximum absolute atomic E-state index is 11.7. The van der Waals surface area contributed by atoms with E-state index in [1.54, 1.807) is 52.0 Å². The SMILES string of the molecule is C[C@@H](c1ccc(N)cc1)[C@@H](NC(=O)OC(C)(C)C)C(=O)O. The smallest absolute Gasteiger partial charge is 0.408 e. The van der Waals surface area contributed by atoms with Gasteiger partial charge in [-0.2, -0.15) is 0 Å². The summed E-state index contributed by atoms with van der Waals surface area (Å²) in [5.41, 5.74) is 6.29. The molecular formula is C15H22N2O4. The number of benzene rings is 1. The van der Waals surface area contributed by atoms with Gasteiger partial charge in [0.05, 0.1) is 0 Å². The highest BCUT2D eigenvalue weighted by molar-refractivity contribution is 5.81. The number of ether oxygens (including phenoxy) is 1. The van der Waals surface area contributed by atoms with Crippen LogP contribution in [0, 0.1) is 0 Å². The molecule has 0 fully saturated rings. The Morgan fingerprint density at radius 2 is 1.76 bits per heavy atom. The predicted molar refractivity (Wildman–Crippen MR) is 80.1 cm³/mol. The average Bonchev–Trinajstić information content (AvgIpc) is 2.33. The van der Waals surface area contributed by atoms with E-state index >= 15 is 0 Å². The average molecular weight is 294 g/mol. The number of carboxylic acids is 1. The van der Waals surface area contributed by atoms with Crippen molar-refractivity contribution in [1.29, 1.82) is 0 Å². The van der Waals surface area contributed by atoms with Gasteiger partial charge in [0, 0.05) is 11.6 Å². The van der Waals surface area contributed by atoms with Gasteiger partial charge in [0.15, 0.2) is 0 Å². The number of hydrogen-bond acceptors (Lipinski definition) is 4. The lowest BCUT2D eigenvalue weighted by atomic mass is 9.93. The number of alkyl carbamates (subject to hydrolysis) is 1. The van der Waals surface area contributed by atoms with Crippen molar-refractivity contribution in [2.24, 2.45) is 0 Å². The van der Waals surface area contributed by atoms with Gasteiger partial charge in [0.1, 0.15) is 11.6 Å². The maximum Gasteiger partial charge on any atom is 0.408 e. The first kappa shape index (κ1) is 16.8. The van der Waals surface area contributed by atoms with Crippen LogP contribution >= 0.6 is 0 Å². The van der Waals surface area contributed by atoms with E-state index in [-0.39, 0.29) is 0 Å². The summed E-state index contributed by atoms with van der Waals surface area (Å²) < 4.78 is 5.09. The molecule has 6 heteroatoms. The van der Waals surface area contributed by atoms with Crippen molar-refractivity contribution in [1.82, 2.24) is 5.32 Å². The number of hydrogen-bond donors (Lipinski definition) is 3. The lowest BCUT2D eigenvalue weighted by molar-refractivity contribution is -0.140. The van der Waals surface area contributed by atoms with Crippen LogP contribution in [0.15, 0.2) is 24.3 Å². The number of anilines is 1. The second-order valence-corrected chi connectivity index (χ2v) is 5.92. The molecule has 21 heavy (non-hydrogen) atoms. The number of nitrogens with two attached hydrogens (primary N) is 1. The molecule has 0 aliphatic rings. The molecule has 1 rings (SSSR count). The van der Waals surface area contributed by atoms with E-state index < -0.39 is 29.6 Å². The highest BCUT2D eigenvalue weighted by Gasteiger charge is 2.29. The van der Waals surface area contributed by atoms with Crippen LogP contribution in [0.3, 0.4) is 0 Å². The first-order valence-electron chi connectivity index (χ1n) is 6.68. The molecule has 4 N–H and O–H groups in total. The van der Waals surface area contributed by atoms with Crippen LogP contribution in [0.5, 0.6) is 0 Å². The number of nitrogen functional groups attached to an aromatic ring is 1. The molecule has 1 aromatic carbocycles. The molecule has 0 spiro atoms. The molecule has 0 aromatic heterocycles. The van der Waals surface area contributed by atoms with Gasteiger partial charge in [-0.1, -0.05) is 19.1 Å². The molecule has 6 nitrogen and oxygen atoms in total. The third kappa shape index (κ3) is 5.33. The molecule has 0 unspecified atom stereocenters. The largest absolute Gasteiger partial charge is 0.480 e. The van der Waals surface area contributed by atoms with Crippen molar-refractivity contribution in [3.05, 3.63) is 29.8 Å². The summed E-state index contributed by atoms with van der Waals surface area (Å²) in [5.74, 6) is -1.54. The molecule has 0 radical (unpaired) electrons. The van der Waals surface area contributed by atoms with Gasteiger partial charge in [-0.25, -0.2) is 9.59 Å². The summed E-state index contributed by atoms with van der Waals surface area (Å²) in [6, 6.07) is 5.79. The summed E-state index contributed by atoms with van der Waals surface area (Å²) in [6.45, 7) is 6.87. The van der Waals surface area contributed by atoms with Gasteiger partial charge in [0.25, 0.3) is 0 Å². The third-order valence-corrected chi connectivity index (χ3v) is 2.90. The van der Waals surface area contributed by atoms with E-state index in [4.69, 9.17) is 10.5 Å². The first-order chi connectivity index (χ1) is 9.60. The van der Waals surface area contributed by atoms with Gasteiger partial charge >= 0.3 is 12.1 Å². The van der Waals surface area contributed by atoms with Crippen molar-refractivity contribution >= 4 is 17.7 Å². The van der Waals surface area contributed by atoms with E-state index in [1.165, 1.54) is 0 Å². The van der Waals surface area contributed by atoms with Crippen molar-refractivity contribution in [2.75, 3.05) is 5.73 Å². The zero-order chi connectivity index (χ0) is 16.2. The number of aliphatic carboxylic acids is 1. The van der Waals surface area contributed by atoms with Crippen molar-refractivity contribution in [2.45, 2.75) is 45.3 Å². The van der Waals surface area contributed by atoms with Crippen molar-refractivity contribution < 1.29 is 19.4 Å². The standard InChI is InChI=1S/C15H22N2O4/c1-9(10-5-7-11(16)8-6-10)12(13(18)19)17-14(20)21-15(2,3)4/h5-9,12H,16H2,1-4H3,(H,17,20)(H,18,19)/t9-,12+/m0/s1. The molecule has 0 heterocycles. The molecule has 0 aliphatic carbocycles. The van der Waals surface area contributed by atoms with Crippen LogP contribution in [-0.4, -0.2) is 28.8 Å². The van der Waals surface area contributed by atoms with Crippen LogP contribution in [0.1, 0.15) is 39.2 Å². The highest BCUT2D eigenvalue weighted by Crippen LogP contribution is 2.21. The van der Waals surface area contributed by atoms with Crippen LogP contribution in [-0.2, 0) is 9.53 Å². The topological polar surface area (TPSA) is 102 Å². The number of carbonyl (C=O) groups is 2. The molecule has 0 saturated carbocycles. The molecule has 2 atom stereocenters. The Labute approximate surface area is 124 Å². The van der Waals surface area contributed by atoms with Gasteiger partial charge in [-0.05, 0) is 38.5 Å². The number of amides is 1. The maximum atomic E-state index is 11.7.